The summed E-state index contributed by atoms with van der Waals surface area (Å²) in [6.45, 7) is 5.05. The molecule has 0 unspecified atom stereocenters. The number of aliphatic hydroxyl groups excluding tert-OH is 2. The van der Waals surface area contributed by atoms with E-state index in [9.17, 15) is 0 Å². The van der Waals surface area contributed by atoms with E-state index in [0.29, 0.717) is 0 Å². The summed E-state index contributed by atoms with van der Waals surface area (Å²) in [7, 11) is 1.93. The van der Waals surface area contributed by atoms with Crippen molar-refractivity contribution in [3.8, 4) is 0 Å². The van der Waals surface area contributed by atoms with E-state index in [1.165, 1.54) is 16.7 Å². The third-order valence-electron chi connectivity index (χ3n) is 3.28. The summed E-state index contributed by atoms with van der Waals surface area (Å²) in [4.78, 5) is 2.00. The first-order valence-corrected chi connectivity index (χ1v) is 6.06. The summed E-state index contributed by atoms with van der Waals surface area (Å²) in [5.41, 5.74) is 3.91. The van der Waals surface area contributed by atoms with Crippen molar-refractivity contribution in [1.29, 1.82) is 0 Å². The molecule has 3 heteroatoms. The van der Waals surface area contributed by atoms with Crippen LogP contribution in [0.2, 0.25) is 0 Å². The van der Waals surface area contributed by atoms with Gasteiger partial charge in [0.15, 0.2) is 0 Å². The van der Waals surface area contributed by atoms with Crippen molar-refractivity contribution in [2.45, 2.75) is 26.3 Å². The van der Waals surface area contributed by atoms with Crippen molar-refractivity contribution in [1.82, 2.24) is 4.90 Å². The predicted octanol–water partition coefficient (Wildman–Crippen LogP) is 1.13. The van der Waals surface area contributed by atoms with Gasteiger partial charge in [0.05, 0.1) is 19.3 Å². The van der Waals surface area contributed by atoms with Gasteiger partial charge in [-0.05, 0) is 38.4 Å². The lowest BCUT2D eigenvalue weighted by Gasteiger charge is -2.24. The highest BCUT2D eigenvalue weighted by Gasteiger charge is 2.12. The maximum Gasteiger partial charge on any atom is 0.0609 e. The zero-order valence-electron chi connectivity index (χ0n) is 11.0. The van der Waals surface area contributed by atoms with Gasteiger partial charge in [0.1, 0.15) is 0 Å². The molecule has 1 rings (SSSR count). The molecule has 3 nitrogen and oxygen atoms in total. The molecule has 96 valence electrons. The molecule has 17 heavy (non-hydrogen) atoms. The van der Waals surface area contributed by atoms with Crippen LogP contribution in [0.25, 0.3) is 0 Å². The summed E-state index contributed by atoms with van der Waals surface area (Å²) >= 11 is 0. The van der Waals surface area contributed by atoms with Gasteiger partial charge in [0.25, 0.3) is 0 Å². The van der Waals surface area contributed by atoms with Crippen molar-refractivity contribution < 1.29 is 10.2 Å². The van der Waals surface area contributed by atoms with E-state index in [0.717, 1.165) is 13.0 Å². The first kappa shape index (κ1) is 14.2. The van der Waals surface area contributed by atoms with Gasteiger partial charge in [-0.25, -0.2) is 0 Å². The van der Waals surface area contributed by atoms with Crippen molar-refractivity contribution in [3.63, 3.8) is 0 Å². The Kier molecular flexibility index (Phi) is 5.62. The molecule has 0 fully saturated rings. The number of nitrogens with zero attached hydrogens (tertiary/aromatic N) is 1. The average Bonchev–Trinajstić information content (AvgIpc) is 2.32. The topological polar surface area (TPSA) is 43.7 Å². The van der Waals surface area contributed by atoms with Crippen molar-refractivity contribution in [2.75, 3.05) is 26.8 Å². The van der Waals surface area contributed by atoms with E-state index in [-0.39, 0.29) is 19.3 Å². The Morgan fingerprint density at radius 3 is 2.41 bits per heavy atom. The Morgan fingerprint density at radius 2 is 1.82 bits per heavy atom. The molecule has 0 saturated heterocycles. The zero-order chi connectivity index (χ0) is 12.8. The molecule has 0 aliphatic carbocycles. The lowest BCUT2D eigenvalue weighted by Crippen LogP contribution is -2.38. The van der Waals surface area contributed by atoms with E-state index in [1.807, 2.05) is 11.9 Å². The van der Waals surface area contributed by atoms with Crippen LogP contribution in [-0.2, 0) is 6.42 Å². The van der Waals surface area contributed by atoms with Crippen LogP contribution in [0, 0.1) is 13.8 Å². The minimum Gasteiger partial charge on any atom is -0.395 e. The van der Waals surface area contributed by atoms with Gasteiger partial charge >= 0.3 is 0 Å². The standard InChI is InChI=1S/C14H23NO2/c1-11-4-5-12(2)13(8-11)6-7-15(3)14(9-16)10-17/h4-5,8,14,16-17H,6-7,9-10H2,1-3H3. The van der Waals surface area contributed by atoms with E-state index in [2.05, 4.69) is 32.0 Å². The second-order valence-corrected chi connectivity index (χ2v) is 4.68. The second kappa shape index (κ2) is 6.74. The van der Waals surface area contributed by atoms with Gasteiger partial charge in [-0.15, -0.1) is 0 Å². The van der Waals surface area contributed by atoms with Crippen LogP contribution >= 0.6 is 0 Å². The van der Waals surface area contributed by atoms with Crippen LogP contribution in [0.3, 0.4) is 0 Å². The molecule has 0 bridgehead atoms. The first-order chi connectivity index (χ1) is 8.08. The summed E-state index contributed by atoms with van der Waals surface area (Å²) in [5.74, 6) is 0. The summed E-state index contributed by atoms with van der Waals surface area (Å²) < 4.78 is 0. The minimum atomic E-state index is -0.153. The highest BCUT2D eigenvalue weighted by molar-refractivity contribution is 5.30. The number of likely N-dealkylation sites (N-methyl/N-ethyl adjacent to an activating group) is 1. The SMILES string of the molecule is Cc1ccc(C)c(CCN(C)C(CO)CO)c1. The van der Waals surface area contributed by atoms with Crippen LogP contribution in [0.1, 0.15) is 16.7 Å². The summed E-state index contributed by atoms with van der Waals surface area (Å²) in [6.07, 6.45) is 0.945. The van der Waals surface area contributed by atoms with Crippen LogP contribution in [-0.4, -0.2) is 48.0 Å². The van der Waals surface area contributed by atoms with Crippen LogP contribution < -0.4 is 0 Å². The molecule has 0 aromatic heterocycles. The second-order valence-electron chi connectivity index (χ2n) is 4.68. The van der Waals surface area contributed by atoms with Crippen LogP contribution in [0.4, 0.5) is 0 Å². The highest BCUT2D eigenvalue weighted by Crippen LogP contribution is 2.12. The molecule has 0 atom stereocenters. The molecular weight excluding hydrogens is 214 g/mol. The number of aryl methyl sites for hydroxylation is 2. The fourth-order valence-electron chi connectivity index (χ4n) is 1.89. The number of aliphatic hydroxyl groups is 2. The molecule has 1 aromatic rings. The Balaban J connectivity index is 2.57. The van der Waals surface area contributed by atoms with Crippen LogP contribution in [0.5, 0.6) is 0 Å². The molecule has 2 N–H and O–H groups in total. The average molecular weight is 237 g/mol. The third kappa shape index (κ3) is 4.11. The molecule has 0 aliphatic rings. The number of hydrogen-bond acceptors (Lipinski definition) is 3. The Labute approximate surface area is 104 Å². The smallest absolute Gasteiger partial charge is 0.0609 e. The van der Waals surface area contributed by atoms with Gasteiger partial charge < -0.3 is 10.2 Å². The van der Waals surface area contributed by atoms with Gasteiger partial charge in [0.2, 0.25) is 0 Å². The molecule has 0 radical (unpaired) electrons. The lowest BCUT2D eigenvalue weighted by atomic mass is 10.0. The zero-order valence-corrected chi connectivity index (χ0v) is 11.0. The molecule has 0 spiro atoms. The Morgan fingerprint density at radius 1 is 1.18 bits per heavy atom. The van der Waals surface area contributed by atoms with E-state index in [4.69, 9.17) is 10.2 Å². The van der Waals surface area contributed by atoms with Crippen LogP contribution in [0.15, 0.2) is 18.2 Å². The third-order valence-corrected chi connectivity index (χ3v) is 3.28. The molecule has 0 saturated carbocycles. The number of rotatable bonds is 6. The van der Waals surface area contributed by atoms with E-state index in [1.54, 1.807) is 0 Å². The number of benzene rings is 1. The molecule has 0 amide bonds. The molecule has 0 aliphatic heterocycles. The van der Waals surface area contributed by atoms with Crippen molar-refractivity contribution in [2.24, 2.45) is 0 Å². The number of hydrogen-bond donors (Lipinski definition) is 2. The lowest BCUT2D eigenvalue weighted by molar-refractivity contribution is 0.0925. The summed E-state index contributed by atoms with van der Waals surface area (Å²) in [6, 6.07) is 6.31. The van der Waals surface area contributed by atoms with Gasteiger partial charge in [0, 0.05) is 6.54 Å². The van der Waals surface area contributed by atoms with Gasteiger partial charge in [-0.2, -0.15) is 0 Å². The minimum absolute atomic E-state index is 0.000199. The van der Waals surface area contributed by atoms with Crippen molar-refractivity contribution in [3.05, 3.63) is 34.9 Å². The maximum atomic E-state index is 9.09. The van der Waals surface area contributed by atoms with Gasteiger partial charge in [-0.3, -0.25) is 4.90 Å². The largest absolute Gasteiger partial charge is 0.395 e. The monoisotopic (exact) mass is 237 g/mol. The molecule has 1 aromatic carbocycles. The van der Waals surface area contributed by atoms with Gasteiger partial charge in [-0.1, -0.05) is 23.8 Å². The maximum absolute atomic E-state index is 9.09. The fraction of sp³-hybridized carbons (Fsp3) is 0.571. The Hall–Kier alpha value is -0.900. The van der Waals surface area contributed by atoms with E-state index < -0.39 is 0 Å². The van der Waals surface area contributed by atoms with E-state index >= 15 is 0 Å². The highest BCUT2D eigenvalue weighted by atomic mass is 16.3. The quantitative estimate of drug-likeness (QED) is 0.779. The summed E-state index contributed by atoms with van der Waals surface area (Å²) in [5, 5.41) is 18.2. The Bertz CT molecular complexity index is 348. The molecular formula is C14H23NO2. The molecule has 0 heterocycles. The first-order valence-electron chi connectivity index (χ1n) is 6.06. The normalized spacial score (nSPS) is 11.5. The van der Waals surface area contributed by atoms with Crippen molar-refractivity contribution >= 4 is 0 Å². The predicted molar refractivity (Wildman–Crippen MR) is 70.2 cm³/mol. The fourth-order valence-corrected chi connectivity index (χ4v) is 1.89.